The molecule has 59 heavy (non-hydrogen) atoms. The summed E-state index contributed by atoms with van der Waals surface area (Å²) in [4.78, 5) is 87.5. The van der Waals surface area contributed by atoms with Crippen molar-refractivity contribution < 1.29 is 28.8 Å². The lowest BCUT2D eigenvalue weighted by molar-refractivity contribution is -0.140. The van der Waals surface area contributed by atoms with Gasteiger partial charge in [-0.25, -0.2) is 0 Å². The van der Waals surface area contributed by atoms with Gasteiger partial charge in [-0.15, -0.1) is 0 Å². The molecule has 1 spiro atoms. The molecule has 5 fully saturated rings. The number of imide groups is 2. The standard InChI is InChI=1S/C43H51N9O6S/c1-26-21-37(59-47-26)45-34-23-29(5-7-32(34)38(44)54)50-15-2-3-30(25-50)51-20-14-43(42(51)58)12-18-48(19-13-43)24-27-10-16-49(17-11-27)28-4-6-31-33(22-28)41(57)52(40(31)56)35-8-9-36(53)46-39(35)55/h4-7,21-23,27,30,35,45H,2-3,8-20,24-25H2,1H3,(H2,44,54)(H,46,53,55)/t30-,35+/m1/s1. The van der Waals surface area contributed by atoms with Gasteiger partial charge in [0.1, 0.15) is 11.0 Å². The average molecular weight is 822 g/mol. The van der Waals surface area contributed by atoms with E-state index in [1.807, 2.05) is 31.2 Å². The summed E-state index contributed by atoms with van der Waals surface area (Å²) in [7, 11) is 0. The molecule has 6 aliphatic rings. The van der Waals surface area contributed by atoms with E-state index in [1.165, 1.54) is 11.5 Å². The highest BCUT2D eigenvalue weighted by molar-refractivity contribution is 7.10. The molecule has 310 valence electrons. The molecule has 2 aromatic carbocycles. The number of aryl methyl sites for hydroxylation is 1. The summed E-state index contributed by atoms with van der Waals surface area (Å²) in [6.45, 7) is 8.88. The number of carbonyl (C=O) groups is 6. The molecule has 7 heterocycles. The van der Waals surface area contributed by atoms with E-state index in [-0.39, 0.29) is 24.3 Å². The zero-order valence-electron chi connectivity index (χ0n) is 33.4. The Labute approximate surface area is 347 Å². The van der Waals surface area contributed by atoms with Crippen molar-refractivity contribution >= 4 is 69.0 Å². The molecule has 1 aromatic heterocycles. The minimum Gasteiger partial charge on any atom is -0.371 e. The fourth-order valence-electron chi connectivity index (χ4n) is 10.3. The molecule has 0 saturated carbocycles. The van der Waals surface area contributed by atoms with Gasteiger partial charge in [-0.05, 0) is 131 Å². The fourth-order valence-corrected chi connectivity index (χ4v) is 10.9. The van der Waals surface area contributed by atoms with Crippen LogP contribution in [-0.4, -0.2) is 119 Å². The Kier molecular flexibility index (Phi) is 10.4. The Morgan fingerprint density at radius 2 is 1.59 bits per heavy atom. The summed E-state index contributed by atoms with van der Waals surface area (Å²) in [6.07, 6.45) is 6.88. The van der Waals surface area contributed by atoms with E-state index in [0.717, 1.165) is 124 Å². The molecular weight excluding hydrogens is 771 g/mol. The Morgan fingerprint density at radius 3 is 2.32 bits per heavy atom. The highest BCUT2D eigenvalue weighted by atomic mass is 32.1. The smallest absolute Gasteiger partial charge is 0.262 e. The summed E-state index contributed by atoms with van der Waals surface area (Å²) >= 11 is 1.34. The Hall–Kier alpha value is -5.35. The Morgan fingerprint density at radius 1 is 0.864 bits per heavy atom. The molecule has 16 heteroatoms. The van der Waals surface area contributed by atoms with Crippen molar-refractivity contribution in [3.63, 3.8) is 0 Å². The highest BCUT2D eigenvalue weighted by Gasteiger charge is 2.50. The third kappa shape index (κ3) is 7.45. The van der Waals surface area contributed by atoms with Crippen LogP contribution in [0.1, 0.15) is 94.6 Å². The van der Waals surface area contributed by atoms with Crippen molar-refractivity contribution in [3.8, 4) is 0 Å². The van der Waals surface area contributed by atoms with Crippen molar-refractivity contribution in [1.82, 2.24) is 24.4 Å². The van der Waals surface area contributed by atoms with Gasteiger partial charge >= 0.3 is 0 Å². The van der Waals surface area contributed by atoms with E-state index in [1.54, 1.807) is 18.2 Å². The fraction of sp³-hybridized carbons (Fsp3) is 0.512. The Bertz CT molecular complexity index is 2210. The van der Waals surface area contributed by atoms with Crippen LogP contribution in [0.2, 0.25) is 0 Å². The number of anilines is 4. The van der Waals surface area contributed by atoms with E-state index in [4.69, 9.17) is 5.73 Å². The first kappa shape index (κ1) is 39.1. The molecule has 15 nitrogen and oxygen atoms in total. The zero-order valence-corrected chi connectivity index (χ0v) is 34.2. The van der Waals surface area contributed by atoms with Gasteiger partial charge in [0.2, 0.25) is 17.7 Å². The van der Waals surface area contributed by atoms with Gasteiger partial charge in [0, 0.05) is 63.1 Å². The minimum atomic E-state index is -0.976. The molecule has 0 bridgehead atoms. The van der Waals surface area contributed by atoms with Crippen LogP contribution >= 0.6 is 11.5 Å². The second kappa shape index (κ2) is 15.7. The average Bonchev–Trinajstić information content (AvgIpc) is 3.87. The molecular formula is C43H51N9O6S. The molecule has 0 radical (unpaired) electrons. The van der Waals surface area contributed by atoms with E-state index in [9.17, 15) is 28.8 Å². The molecule has 2 atom stereocenters. The lowest BCUT2D eigenvalue weighted by Gasteiger charge is -2.42. The maximum absolute atomic E-state index is 14.2. The van der Waals surface area contributed by atoms with Crippen LogP contribution in [0.25, 0.3) is 0 Å². The van der Waals surface area contributed by atoms with Crippen LogP contribution in [0.3, 0.4) is 0 Å². The van der Waals surface area contributed by atoms with Crippen LogP contribution in [0.4, 0.5) is 22.1 Å². The first-order chi connectivity index (χ1) is 28.5. The van der Waals surface area contributed by atoms with Gasteiger partial charge in [0.15, 0.2) is 0 Å². The molecule has 0 unspecified atom stereocenters. The monoisotopic (exact) mass is 821 g/mol. The largest absolute Gasteiger partial charge is 0.371 e. The van der Waals surface area contributed by atoms with Crippen LogP contribution in [0.5, 0.6) is 0 Å². The summed E-state index contributed by atoms with van der Waals surface area (Å²) in [5, 5.41) is 6.44. The number of nitrogens with zero attached hydrogens (tertiary/aromatic N) is 6. The summed E-state index contributed by atoms with van der Waals surface area (Å²) in [6, 6.07) is 12.2. The first-order valence-corrected chi connectivity index (χ1v) is 21.8. The maximum atomic E-state index is 14.2. The molecule has 5 saturated heterocycles. The quantitative estimate of drug-likeness (QED) is 0.267. The second-order valence-corrected chi connectivity index (χ2v) is 18.0. The molecule has 6 amide bonds. The van der Waals surface area contributed by atoms with Gasteiger partial charge in [0.05, 0.1) is 33.5 Å². The predicted molar refractivity (Wildman–Crippen MR) is 223 cm³/mol. The number of carbonyl (C=O) groups excluding carboxylic acids is 6. The number of benzene rings is 2. The van der Waals surface area contributed by atoms with Crippen molar-refractivity contribution in [3.05, 3.63) is 64.8 Å². The van der Waals surface area contributed by atoms with Gasteiger partial charge in [0.25, 0.3) is 17.7 Å². The Balaban J connectivity index is 0.764. The van der Waals surface area contributed by atoms with E-state index in [0.29, 0.717) is 34.2 Å². The number of aromatic nitrogens is 1. The number of rotatable bonds is 9. The topological polar surface area (TPSA) is 182 Å². The minimum absolute atomic E-state index is 0.0904. The number of hydrogen-bond acceptors (Lipinski definition) is 12. The lowest BCUT2D eigenvalue weighted by atomic mass is 9.76. The number of likely N-dealkylation sites (tertiary alicyclic amines) is 2. The van der Waals surface area contributed by atoms with Crippen molar-refractivity contribution in [2.75, 3.05) is 67.5 Å². The van der Waals surface area contributed by atoms with Crippen LogP contribution in [0.15, 0.2) is 42.5 Å². The van der Waals surface area contributed by atoms with Crippen LogP contribution in [0, 0.1) is 18.3 Å². The van der Waals surface area contributed by atoms with Crippen molar-refractivity contribution in [2.24, 2.45) is 17.1 Å². The zero-order chi connectivity index (χ0) is 41.0. The van der Waals surface area contributed by atoms with Gasteiger partial charge in [-0.2, -0.15) is 4.37 Å². The van der Waals surface area contributed by atoms with Crippen LogP contribution in [-0.2, 0) is 14.4 Å². The highest BCUT2D eigenvalue weighted by Crippen LogP contribution is 2.44. The number of nitrogens with one attached hydrogen (secondary N) is 2. The summed E-state index contributed by atoms with van der Waals surface area (Å²) in [5.41, 5.74) is 9.94. The number of primary amides is 1. The molecule has 0 aliphatic carbocycles. The number of nitrogens with two attached hydrogens (primary N) is 1. The van der Waals surface area contributed by atoms with Gasteiger partial charge < -0.3 is 30.7 Å². The normalized spacial score (nSPS) is 24.0. The van der Waals surface area contributed by atoms with Crippen molar-refractivity contribution in [2.45, 2.75) is 76.8 Å². The third-order valence-electron chi connectivity index (χ3n) is 13.6. The van der Waals surface area contributed by atoms with E-state index < -0.39 is 35.6 Å². The predicted octanol–water partition coefficient (Wildman–Crippen LogP) is 3.90. The van der Waals surface area contributed by atoms with E-state index in [2.05, 4.69) is 34.6 Å². The summed E-state index contributed by atoms with van der Waals surface area (Å²) < 4.78 is 4.35. The first-order valence-electron chi connectivity index (χ1n) is 21.0. The van der Waals surface area contributed by atoms with Crippen molar-refractivity contribution in [1.29, 1.82) is 0 Å². The second-order valence-electron chi connectivity index (χ2n) is 17.2. The SMILES string of the molecule is Cc1cc(Nc2cc(N3CCC[C@@H](N4CCC5(CCN(CC6CCN(c7ccc8c(c7)C(=O)N([C@H]7CCC(=O)NC7=O)C8=O)CC6)CC5)C4=O)C3)ccc2C(N)=O)sn1. The molecule has 4 N–H and O–H groups in total. The molecule has 3 aromatic rings. The van der Waals surface area contributed by atoms with E-state index >= 15 is 0 Å². The number of amides is 6. The number of piperidine rings is 4. The maximum Gasteiger partial charge on any atom is 0.262 e. The lowest BCUT2D eigenvalue weighted by Crippen LogP contribution is -2.54. The summed E-state index contributed by atoms with van der Waals surface area (Å²) in [5.74, 6) is -1.61. The molecule has 6 aliphatic heterocycles. The number of fused-ring (bicyclic) bond motifs is 1. The molecule has 9 rings (SSSR count). The number of hydrogen-bond donors (Lipinski definition) is 3. The van der Waals surface area contributed by atoms with Gasteiger partial charge in [-0.3, -0.25) is 39.0 Å². The third-order valence-corrected chi connectivity index (χ3v) is 14.4. The van der Waals surface area contributed by atoms with Crippen LogP contribution < -0.4 is 26.2 Å². The van der Waals surface area contributed by atoms with Gasteiger partial charge in [-0.1, -0.05) is 0 Å².